The van der Waals surface area contributed by atoms with Crippen molar-refractivity contribution in [2.24, 2.45) is 40.7 Å². The molecule has 6 nitrogen and oxygen atoms in total. The molecule has 4 aliphatic rings. The highest BCUT2D eigenvalue weighted by Crippen LogP contribution is 2.53. The van der Waals surface area contributed by atoms with Crippen molar-refractivity contribution in [1.82, 2.24) is 0 Å². The molecule has 0 radical (unpaired) electrons. The first-order chi connectivity index (χ1) is 17.1. The quantitative estimate of drug-likeness (QED) is 0.309. The standard InChI is InChI=1S/C29H45NO5/c1-34-18-22(35-2)16-24-27(30-33)23(26(20-14-15-20)19-10-6-3-4-7-11-19)17-25(29(24)32)28(31)21-12-8-5-9-13-21/h6-7,10-12,19-20,22-29,31-32H,3-5,8-9,13-18H2,1-2H3/t22?,23?,24?,25-,26?,27?,28?,29?/m1/s1. The maximum Gasteiger partial charge on any atom is 0.100 e. The van der Waals surface area contributed by atoms with E-state index in [-0.39, 0.29) is 29.8 Å². The van der Waals surface area contributed by atoms with Crippen LogP contribution in [0.5, 0.6) is 0 Å². The topological polar surface area (TPSA) is 88.4 Å². The Labute approximate surface area is 210 Å². The summed E-state index contributed by atoms with van der Waals surface area (Å²) >= 11 is 0. The summed E-state index contributed by atoms with van der Waals surface area (Å²) in [5.74, 6) is 0.509. The second-order valence-corrected chi connectivity index (χ2v) is 11.3. The minimum atomic E-state index is -0.804. The molecule has 2 fully saturated rings. The molecule has 196 valence electrons. The molecule has 4 rings (SSSR count). The Hall–Kier alpha value is -1.34. The van der Waals surface area contributed by atoms with Crippen molar-refractivity contribution in [3.63, 3.8) is 0 Å². The van der Waals surface area contributed by atoms with Gasteiger partial charge in [-0.25, -0.2) is 0 Å². The minimum absolute atomic E-state index is 0.0229. The van der Waals surface area contributed by atoms with E-state index >= 15 is 0 Å². The number of aliphatic hydroxyl groups excluding tert-OH is 2. The average Bonchev–Trinajstić information content (AvgIpc) is 3.74. The maximum atomic E-state index is 12.5. The fourth-order valence-electron chi connectivity index (χ4n) is 7.14. The molecule has 0 aliphatic heterocycles. The summed E-state index contributed by atoms with van der Waals surface area (Å²) in [6, 6.07) is -0.501. The third kappa shape index (κ3) is 6.33. The predicted octanol–water partition coefficient (Wildman–Crippen LogP) is 5.20. The van der Waals surface area contributed by atoms with Gasteiger partial charge in [-0.3, -0.25) is 0 Å². The maximum absolute atomic E-state index is 12.5. The van der Waals surface area contributed by atoms with E-state index in [1.54, 1.807) is 14.2 Å². The number of hydrogen-bond donors (Lipinski definition) is 2. The Balaban J connectivity index is 1.68. The molecule has 0 saturated heterocycles. The second-order valence-electron chi connectivity index (χ2n) is 11.3. The molecule has 8 atom stereocenters. The van der Waals surface area contributed by atoms with Crippen LogP contribution in [0.1, 0.15) is 64.2 Å². The van der Waals surface area contributed by atoms with Gasteiger partial charge in [-0.15, -0.1) is 0 Å². The van der Waals surface area contributed by atoms with Gasteiger partial charge in [0.05, 0.1) is 24.9 Å². The zero-order valence-corrected chi connectivity index (χ0v) is 21.5. The summed E-state index contributed by atoms with van der Waals surface area (Å²) in [4.78, 5) is 12.5. The summed E-state index contributed by atoms with van der Waals surface area (Å²) in [5, 5.41) is 26.9. The van der Waals surface area contributed by atoms with E-state index in [9.17, 15) is 15.1 Å². The Kier molecular flexibility index (Phi) is 9.74. The van der Waals surface area contributed by atoms with Gasteiger partial charge in [-0.1, -0.05) is 35.6 Å². The van der Waals surface area contributed by atoms with Gasteiger partial charge in [0, 0.05) is 26.1 Å². The molecule has 2 N–H and O–H groups in total. The Morgan fingerprint density at radius 2 is 1.83 bits per heavy atom. The number of nitroso groups, excluding NO2 is 1. The fourth-order valence-corrected chi connectivity index (χ4v) is 7.14. The lowest BCUT2D eigenvalue weighted by Crippen LogP contribution is -2.54. The lowest BCUT2D eigenvalue weighted by Gasteiger charge is -2.48. The molecule has 35 heavy (non-hydrogen) atoms. The Morgan fingerprint density at radius 1 is 1.09 bits per heavy atom. The fraction of sp³-hybridized carbons (Fsp3) is 0.793. The normalized spacial score (nSPS) is 34.6. The molecule has 4 aliphatic carbocycles. The molecule has 0 spiro atoms. The van der Waals surface area contributed by atoms with Crippen LogP contribution in [0.15, 0.2) is 41.1 Å². The van der Waals surface area contributed by atoms with Crippen molar-refractivity contribution in [3.05, 3.63) is 40.9 Å². The van der Waals surface area contributed by atoms with E-state index in [1.807, 2.05) is 0 Å². The van der Waals surface area contributed by atoms with Gasteiger partial charge in [0.25, 0.3) is 0 Å². The second kappa shape index (κ2) is 12.8. The van der Waals surface area contributed by atoms with E-state index in [1.165, 1.54) is 12.8 Å². The van der Waals surface area contributed by atoms with E-state index in [2.05, 4.69) is 35.6 Å². The molecule has 7 unspecified atom stereocenters. The van der Waals surface area contributed by atoms with Gasteiger partial charge >= 0.3 is 0 Å². The zero-order chi connectivity index (χ0) is 24.8. The Morgan fingerprint density at radius 3 is 2.40 bits per heavy atom. The molecule has 2 saturated carbocycles. The SMILES string of the molecule is COCC(CC1C(N=O)C(C(C2C=CCCC=C2)C2CC2)C[C@H](C(O)C2=CCCCC2)C1O)OC. The van der Waals surface area contributed by atoms with Crippen molar-refractivity contribution >= 4 is 0 Å². The van der Waals surface area contributed by atoms with Crippen LogP contribution < -0.4 is 0 Å². The first-order valence-corrected chi connectivity index (χ1v) is 13.8. The summed E-state index contributed by atoms with van der Waals surface area (Å²) in [5.41, 5.74) is 1.06. The van der Waals surface area contributed by atoms with Crippen LogP contribution in [0.4, 0.5) is 0 Å². The number of ether oxygens (including phenoxy) is 2. The summed E-state index contributed by atoms with van der Waals surface area (Å²) in [6.07, 6.45) is 19.4. The van der Waals surface area contributed by atoms with Gasteiger partial charge in [-0.2, -0.15) is 4.91 Å². The van der Waals surface area contributed by atoms with Crippen LogP contribution in [0, 0.1) is 40.4 Å². The van der Waals surface area contributed by atoms with Crippen molar-refractivity contribution in [2.45, 2.75) is 88.6 Å². The molecule has 0 bridgehead atoms. The molecule has 0 amide bonds. The number of allylic oxidation sites excluding steroid dienone is 5. The van der Waals surface area contributed by atoms with Crippen LogP contribution in [0.3, 0.4) is 0 Å². The first kappa shape index (κ1) is 26.7. The van der Waals surface area contributed by atoms with Crippen LogP contribution >= 0.6 is 0 Å². The highest BCUT2D eigenvalue weighted by atomic mass is 16.5. The van der Waals surface area contributed by atoms with Crippen LogP contribution in [-0.4, -0.2) is 55.4 Å². The van der Waals surface area contributed by atoms with Crippen molar-refractivity contribution in [2.75, 3.05) is 20.8 Å². The van der Waals surface area contributed by atoms with E-state index in [0.29, 0.717) is 31.3 Å². The number of aliphatic hydroxyl groups is 2. The van der Waals surface area contributed by atoms with Gasteiger partial charge in [-0.05, 0) is 93.5 Å². The zero-order valence-electron chi connectivity index (χ0n) is 21.5. The molecule has 0 aromatic rings. The monoisotopic (exact) mass is 487 g/mol. The van der Waals surface area contributed by atoms with E-state index in [4.69, 9.17) is 9.47 Å². The molecule has 6 heteroatoms. The number of hydrogen-bond acceptors (Lipinski definition) is 6. The third-order valence-electron chi connectivity index (χ3n) is 9.08. The number of nitrogens with zero attached hydrogens (tertiary/aromatic N) is 1. The van der Waals surface area contributed by atoms with Gasteiger partial charge in [0.2, 0.25) is 0 Å². The molecular formula is C29H45NO5. The highest BCUT2D eigenvalue weighted by Gasteiger charge is 2.53. The van der Waals surface area contributed by atoms with Gasteiger partial charge in [0.15, 0.2) is 0 Å². The van der Waals surface area contributed by atoms with Crippen molar-refractivity contribution in [3.8, 4) is 0 Å². The Bertz CT molecular complexity index is 761. The molecule has 0 aromatic heterocycles. The van der Waals surface area contributed by atoms with E-state index < -0.39 is 18.2 Å². The van der Waals surface area contributed by atoms with Crippen molar-refractivity contribution < 1.29 is 19.7 Å². The van der Waals surface area contributed by atoms with Crippen LogP contribution in [0.2, 0.25) is 0 Å². The molecule has 0 heterocycles. The molecule has 0 aromatic carbocycles. The number of methoxy groups -OCH3 is 2. The summed E-state index contributed by atoms with van der Waals surface area (Å²) < 4.78 is 11.0. The van der Waals surface area contributed by atoms with Crippen LogP contribution in [0.25, 0.3) is 0 Å². The van der Waals surface area contributed by atoms with Gasteiger partial charge < -0.3 is 19.7 Å². The van der Waals surface area contributed by atoms with Crippen LogP contribution in [-0.2, 0) is 9.47 Å². The first-order valence-electron chi connectivity index (χ1n) is 13.8. The summed E-state index contributed by atoms with van der Waals surface area (Å²) in [6.45, 7) is 0.397. The largest absolute Gasteiger partial charge is 0.392 e. The average molecular weight is 488 g/mol. The predicted molar refractivity (Wildman–Crippen MR) is 138 cm³/mol. The molecular weight excluding hydrogens is 442 g/mol. The number of rotatable bonds is 11. The minimum Gasteiger partial charge on any atom is -0.392 e. The van der Waals surface area contributed by atoms with Crippen molar-refractivity contribution in [1.29, 1.82) is 0 Å². The smallest absolute Gasteiger partial charge is 0.100 e. The third-order valence-corrected chi connectivity index (χ3v) is 9.08. The lowest BCUT2D eigenvalue weighted by molar-refractivity contribution is -0.0922. The highest BCUT2D eigenvalue weighted by molar-refractivity contribution is 5.17. The lowest BCUT2D eigenvalue weighted by atomic mass is 9.59. The van der Waals surface area contributed by atoms with E-state index in [0.717, 1.165) is 44.1 Å². The summed E-state index contributed by atoms with van der Waals surface area (Å²) in [7, 11) is 3.28. The van der Waals surface area contributed by atoms with Gasteiger partial charge in [0.1, 0.15) is 6.04 Å².